The summed E-state index contributed by atoms with van der Waals surface area (Å²) in [5, 5.41) is 17.3. The minimum atomic E-state index is -1.06. The van der Waals surface area contributed by atoms with Crippen molar-refractivity contribution in [1.82, 2.24) is 0 Å². The average molecular weight is 234 g/mol. The second kappa shape index (κ2) is 5.66. The molecule has 0 spiro atoms. The molecular weight excluding hydrogens is 223 g/mol. The smallest absolute Gasteiger partial charge is 0.323 e. The SMILES string of the molecule is C=CCN(CC(=O)O)c1ccc(C#N)cc1F. The minimum Gasteiger partial charge on any atom is -0.480 e. The lowest BCUT2D eigenvalue weighted by Crippen LogP contribution is -2.30. The Labute approximate surface area is 98.2 Å². The number of hydrogen-bond donors (Lipinski definition) is 1. The average Bonchev–Trinajstić information content (AvgIpc) is 2.27. The maximum absolute atomic E-state index is 13.6. The lowest BCUT2D eigenvalue weighted by atomic mass is 10.2. The molecule has 0 aliphatic heterocycles. The van der Waals surface area contributed by atoms with Crippen molar-refractivity contribution in [1.29, 1.82) is 5.26 Å². The summed E-state index contributed by atoms with van der Waals surface area (Å²) in [7, 11) is 0. The van der Waals surface area contributed by atoms with Crippen molar-refractivity contribution in [3.8, 4) is 6.07 Å². The Bertz CT molecular complexity index is 480. The Morgan fingerprint density at radius 3 is 2.82 bits per heavy atom. The van der Waals surface area contributed by atoms with E-state index in [1.54, 1.807) is 0 Å². The second-order valence-electron chi connectivity index (χ2n) is 3.34. The molecule has 0 bridgehead atoms. The van der Waals surface area contributed by atoms with Crippen molar-refractivity contribution in [2.75, 3.05) is 18.0 Å². The van der Waals surface area contributed by atoms with Gasteiger partial charge in [0.05, 0.1) is 17.3 Å². The van der Waals surface area contributed by atoms with Crippen LogP contribution in [0, 0.1) is 17.1 Å². The van der Waals surface area contributed by atoms with Gasteiger partial charge in [0.2, 0.25) is 0 Å². The molecule has 1 N–H and O–H groups in total. The predicted molar refractivity (Wildman–Crippen MR) is 61.2 cm³/mol. The number of benzene rings is 1. The van der Waals surface area contributed by atoms with Crippen molar-refractivity contribution in [2.45, 2.75) is 0 Å². The van der Waals surface area contributed by atoms with Gasteiger partial charge >= 0.3 is 5.97 Å². The van der Waals surface area contributed by atoms with Crippen LogP contribution in [0.1, 0.15) is 5.56 Å². The van der Waals surface area contributed by atoms with Crippen LogP contribution in [0.25, 0.3) is 0 Å². The third kappa shape index (κ3) is 3.31. The highest BCUT2D eigenvalue weighted by atomic mass is 19.1. The van der Waals surface area contributed by atoms with Crippen LogP contribution in [0.3, 0.4) is 0 Å². The van der Waals surface area contributed by atoms with E-state index in [2.05, 4.69) is 6.58 Å². The molecule has 0 atom stereocenters. The summed E-state index contributed by atoms with van der Waals surface area (Å²) in [6.07, 6.45) is 1.49. The van der Waals surface area contributed by atoms with Crippen molar-refractivity contribution < 1.29 is 14.3 Å². The molecule has 88 valence electrons. The summed E-state index contributed by atoms with van der Waals surface area (Å²) in [5.41, 5.74) is 0.339. The predicted octanol–water partition coefficient (Wildman–Crippen LogP) is 1.77. The van der Waals surface area contributed by atoms with Crippen LogP contribution in [-0.4, -0.2) is 24.2 Å². The molecule has 0 amide bonds. The molecule has 0 aromatic heterocycles. The number of hydrogen-bond acceptors (Lipinski definition) is 3. The monoisotopic (exact) mass is 234 g/mol. The molecule has 0 saturated carbocycles. The first-order chi connectivity index (χ1) is 8.08. The first-order valence-corrected chi connectivity index (χ1v) is 4.85. The van der Waals surface area contributed by atoms with E-state index in [-0.39, 0.29) is 24.3 Å². The number of carbonyl (C=O) groups is 1. The van der Waals surface area contributed by atoms with Gasteiger partial charge in [0.15, 0.2) is 0 Å². The van der Waals surface area contributed by atoms with Gasteiger partial charge in [0.25, 0.3) is 0 Å². The number of nitrogens with zero attached hydrogens (tertiary/aromatic N) is 2. The maximum Gasteiger partial charge on any atom is 0.323 e. The van der Waals surface area contributed by atoms with E-state index >= 15 is 0 Å². The number of carboxylic acids is 1. The van der Waals surface area contributed by atoms with E-state index in [1.165, 1.54) is 23.1 Å². The number of nitriles is 1. The van der Waals surface area contributed by atoms with Crippen molar-refractivity contribution in [3.05, 3.63) is 42.2 Å². The fraction of sp³-hybridized carbons (Fsp3) is 0.167. The zero-order chi connectivity index (χ0) is 12.8. The van der Waals surface area contributed by atoms with E-state index in [4.69, 9.17) is 10.4 Å². The lowest BCUT2D eigenvalue weighted by molar-refractivity contribution is -0.135. The first-order valence-electron chi connectivity index (χ1n) is 4.85. The quantitative estimate of drug-likeness (QED) is 0.788. The summed E-state index contributed by atoms with van der Waals surface area (Å²) in [4.78, 5) is 12.0. The van der Waals surface area contributed by atoms with Gasteiger partial charge < -0.3 is 10.0 Å². The third-order valence-corrected chi connectivity index (χ3v) is 2.09. The van der Waals surface area contributed by atoms with Gasteiger partial charge in [-0.1, -0.05) is 6.08 Å². The minimum absolute atomic E-state index is 0.145. The number of anilines is 1. The van der Waals surface area contributed by atoms with Gasteiger partial charge in [-0.2, -0.15) is 5.26 Å². The van der Waals surface area contributed by atoms with Crippen molar-refractivity contribution in [3.63, 3.8) is 0 Å². The lowest BCUT2D eigenvalue weighted by Gasteiger charge is -2.21. The van der Waals surface area contributed by atoms with Crippen LogP contribution in [0.5, 0.6) is 0 Å². The zero-order valence-electron chi connectivity index (χ0n) is 9.06. The summed E-state index contributed by atoms with van der Waals surface area (Å²) >= 11 is 0. The molecule has 1 aromatic carbocycles. The molecule has 1 rings (SSSR count). The molecule has 5 heteroatoms. The third-order valence-electron chi connectivity index (χ3n) is 2.09. The summed E-state index contributed by atoms with van der Waals surface area (Å²) in [6.45, 7) is 3.38. The molecule has 17 heavy (non-hydrogen) atoms. The standard InChI is InChI=1S/C12H11FN2O2/c1-2-5-15(8-12(16)17)11-4-3-9(7-14)6-10(11)13/h2-4,6H,1,5,8H2,(H,16,17). The van der Waals surface area contributed by atoms with Crippen LogP contribution in [0.15, 0.2) is 30.9 Å². The van der Waals surface area contributed by atoms with Crippen molar-refractivity contribution in [2.24, 2.45) is 0 Å². The molecule has 0 radical (unpaired) electrons. The van der Waals surface area contributed by atoms with Gasteiger partial charge in [-0.15, -0.1) is 6.58 Å². The molecule has 1 aromatic rings. The summed E-state index contributed by atoms with van der Waals surface area (Å²) in [6, 6.07) is 5.72. The van der Waals surface area contributed by atoms with Crippen molar-refractivity contribution >= 4 is 11.7 Å². The van der Waals surface area contributed by atoms with E-state index in [0.29, 0.717) is 0 Å². The highest BCUT2D eigenvalue weighted by Crippen LogP contribution is 2.20. The first kappa shape index (κ1) is 12.7. The molecule has 0 saturated heterocycles. The Morgan fingerprint density at radius 1 is 1.65 bits per heavy atom. The number of carboxylic acid groups (broad SMARTS) is 1. The molecule has 0 unspecified atom stereocenters. The van der Waals surface area contributed by atoms with Crippen LogP contribution in [-0.2, 0) is 4.79 Å². The maximum atomic E-state index is 13.6. The van der Waals surface area contributed by atoms with Gasteiger partial charge in [0.1, 0.15) is 12.4 Å². The molecular formula is C12H11FN2O2. The van der Waals surface area contributed by atoms with Crippen LogP contribution in [0.4, 0.5) is 10.1 Å². The summed E-state index contributed by atoms with van der Waals surface area (Å²) in [5.74, 6) is -1.68. The van der Waals surface area contributed by atoms with Gasteiger partial charge in [0, 0.05) is 6.54 Å². The molecule has 0 heterocycles. The largest absolute Gasteiger partial charge is 0.480 e. The van der Waals surface area contributed by atoms with E-state index in [9.17, 15) is 9.18 Å². The molecule has 4 nitrogen and oxygen atoms in total. The van der Waals surface area contributed by atoms with E-state index in [0.717, 1.165) is 6.07 Å². The van der Waals surface area contributed by atoms with Crippen LogP contribution >= 0.6 is 0 Å². The normalized spacial score (nSPS) is 9.41. The Morgan fingerprint density at radius 2 is 2.35 bits per heavy atom. The highest BCUT2D eigenvalue weighted by molar-refractivity contribution is 5.74. The Balaban J connectivity index is 3.05. The van der Waals surface area contributed by atoms with E-state index < -0.39 is 11.8 Å². The number of aliphatic carboxylic acids is 1. The molecule has 0 aliphatic carbocycles. The van der Waals surface area contributed by atoms with Crippen LogP contribution < -0.4 is 4.90 Å². The Kier molecular flexibility index (Phi) is 4.23. The zero-order valence-corrected chi connectivity index (χ0v) is 9.06. The molecule has 0 fully saturated rings. The number of halogens is 1. The van der Waals surface area contributed by atoms with Gasteiger partial charge in [-0.05, 0) is 18.2 Å². The second-order valence-corrected chi connectivity index (χ2v) is 3.34. The van der Waals surface area contributed by atoms with Crippen LogP contribution in [0.2, 0.25) is 0 Å². The fourth-order valence-electron chi connectivity index (χ4n) is 1.40. The van der Waals surface area contributed by atoms with E-state index in [1.807, 2.05) is 6.07 Å². The Hall–Kier alpha value is -2.35. The van der Waals surface area contributed by atoms with Gasteiger partial charge in [-0.3, -0.25) is 4.79 Å². The topological polar surface area (TPSA) is 64.3 Å². The summed E-state index contributed by atoms with van der Waals surface area (Å²) < 4.78 is 13.6. The highest BCUT2D eigenvalue weighted by Gasteiger charge is 2.13. The molecule has 0 aliphatic rings. The van der Waals surface area contributed by atoms with Gasteiger partial charge in [-0.25, -0.2) is 4.39 Å². The fourth-order valence-corrected chi connectivity index (χ4v) is 1.40. The number of rotatable bonds is 5.